The van der Waals surface area contributed by atoms with E-state index in [0.29, 0.717) is 0 Å². The Morgan fingerprint density at radius 2 is 1.27 bits per heavy atom. The quantitative estimate of drug-likeness (QED) is 0.350. The van der Waals surface area contributed by atoms with Crippen molar-refractivity contribution in [2.24, 2.45) is 5.73 Å². The van der Waals surface area contributed by atoms with Gasteiger partial charge in [0, 0.05) is 6.92 Å². The van der Waals surface area contributed by atoms with Gasteiger partial charge in [0.1, 0.15) is 0 Å². The van der Waals surface area contributed by atoms with Crippen molar-refractivity contribution in [3.05, 3.63) is 0 Å². The number of hydrogen-bond acceptors (Lipinski definition) is 3. The third kappa shape index (κ3) is 891. The molecule has 0 aromatic rings. The minimum absolute atomic E-state index is 0. The zero-order valence-electron chi connectivity index (χ0n) is 5.60. The van der Waals surface area contributed by atoms with Gasteiger partial charge in [-0.05, 0) is 0 Å². The average Bonchev–Trinajstić information content (AvgIpc) is 1.19. The molecule has 8 nitrogen and oxygen atoms in total. The van der Waals surface area contributed by atoms with E-state index in [1.807, 2.05) is 0 Å². The number of primary amides is 1. The molecule has 0 fully saturated rings. The molecule has 72 valence electrons. The van der Waals surface area contributed by atoms with Gasteiger partial charge in [0.15, 0.2) is 0 Å². The number of rotatable bonds is 0. The molecule has 0 aromatic heterocycles. The number of hydrogen-bond donors (Lipinski definition) is 3. The second-order valence-corrected chi connectivity index (χ2v) is 1.95. The first-order valence-electron chi connectivity index (χ1n) is 1.69. The van der Waals surface area contributed by atoms with Crippen LogP contribution in [0.3, 0.4) is 0 Å². The summed E-state index contributed by atoms with van der Waals surface area (Å²) < 4.78 is 31.6. The van der Waals surface area contributed by atoms with Crippen molar-refractivity contribution in [2.75, 3.05) is 0 Å². The van der Waals surface area contributed by atoms with Gasteiger partial charge >= 0.3 is 10.4 Å². The third-order valence-electron chi connectivity index (χ3n) is 0. The van der Waals surface area contributed by atoms with E-state index in [1.54, 1.807) is 0 Å². The first-order valence-corrected chi connectivity index (χ1v) is 3.09. The molecule has 0 bridgehead atoms. The Bertz CT molecular complexity index is 159. The van der Waals surface area contributed by atoms with Crippen LogP contribution in [0, 0.1) is 0 Å². The summed E-state index contributed by atoms with van der Waals surface area (Å²) in [4.78, 5) is 9.22. The minimum atomic E-state index is -4.67. The van der Waals surface area contributed by atoms with E-state index >= 15 is 0 Å². The summed E-state index contributed by atoms with van der Waals surface area (Å²) in [5, 5.41) is 0. The van der Waals surface area contributed by atoms with Crippen molar-refractivity contribution in [2.45, 2.75) is 6.92 Å². The lowest BCUT2D eigenvalue weighted by Gasteiger charge is -1.68. The van der Waals surface area contributed by atoms with Gasteiger partial charge in [-0.25, -0.2) is 0 Å². The molecule has 0 radical (unpaired) electrons. The topological polar surface area (TPSA) is 181 Å². The molecule has 0 aromatic carbocycles. The predicted octanol–water partition coefficient (Wildman–Crippen LogP) is -2.81. The molecule has 0 aliphatic carbocycles. The van der Waals surface area contributed by atoms with Crippen molar-refractivity contribution in [1.29, 1.82) is 0 Å². The average molecular weight is 193 g/mol. The van der Waals surface area contributed by atoms with Crippen LogP contribution in [0.1, 0.15) is 6.92 Å². The molecule has 0 spiro atoms. The molecule has 0 aliphatic rings. The van der Waals surface area contributed by atoms with E-state index in [9.17, 15) is 4.79 Å². The van der Waals surface area contributed by atoms with E-state index in [0.717, 1.165) is 0 Å². The molecular weight excluding hydrogens is 182 g/mol. The van der Waals surface area contributed by atoms with E-state index in [-0.39, 0.29) is 16.9 Å². The van der Waals surface area contributed by atoms with Crippen molar-refractivity contribution >= 4 is 16.3 Å². The predicted molar refractivity (Wildman–Crippen MR) is 36.3 cm³/mol. The zero-order valence-corrected chi connectivity index (χ0v) is 6.42. The smallest absolute Gasteiger partial charge is 0.394 e. The Labute approximate surface area is 63.2 Å². The maximum absolute atomic E-state index is 9.22. The highest BCUT2D eigenvalue weighted by molar-refractivity contribution is 7.79. The van der Waals surface area contributed by atoms with Crippen molar-refractivity contribution in [3.8, 4) is 0 Å². The molecule has 0 rings (SSSR count). The van der Waals surface area contributed by atoms with Gasteiger partial charge in [-0.3, -0.25) is 13.9 Å². The molecule has 0 atom stereocenters. The first-order chi connectivity index (χ1) is 3.73. The van der Waals surface area contributed by atoms with E-state index in [1.165, 1.54) is 6.92 Å². The van der Waals surface area contributed by atoms with Crippen LogP contribution in [-0.4, -0.2) is 34.4 Å². The van der Waals surface area contributed by atoms with Crippen molar-refractivity contribution in [3.63, 3.8) is 0 Å². The fraction of sp³-hybridized carbons (Fsp3) is 0.500. The molecule has 11 heavy (non-hydrogen) atoms. The summed E-state index contributed by atoms with van der Waals surface area (Å²) >= 11 is 0. The van der Waals surface area contributed by atoms with Crippen LogP contribution in [0.15, 0.2) is 0 Å². The van der Waals surface area contributed by atoms with E-state index in [4.69, 9.17) is 17.5 Å². The van der Waals surface area contributed by atoms with E-state index in [2.05, 4.69) is 5.73 Å². The van der Waals surface area contributed by atoms with Crippen LogP contribution in [0.5, 0.6) is 0 Å². The maximum Gasteiger partial charge on any atom is 0.394 e. The molecule has 0 saturated heterocycles. The lowest BCUT2D eigenvalue weighted by molar-refractivity contribution is -0.115. The normalized spacial score (nSPS) is 7.55. The summed E-state index contributed by atoms with van der Waals surface area (Å²) in [5.41, 5.74) is 4.47. The fourth-order valence-electron chi connectivity index (χ4n) is 0. The van der Waals surface area contributed by atoms with Crippen LogP contribution in [0.2, 0.25) is 0 Å². The Kier molecular flexibility index (Phi) is 18.9. The Morgan fingerprint density at radius 1 is 1.27 bits per heavy atom. The molecule has 0 unspecified atom stereocenters. The van der Waals surface area contributed by atoms with Crippen molar-refractivity contribution < 1.29 is 33.3 Å². The molecule has 0 saturated carbocycles. The third-order valence-corrected chi connectivity index (χ3v) is 0. The Hall–Kier alpha value is -0.740. The Balaban J connectivity index is -0.0000000383. The standard InChI is InChI=1S/C2H5NO.H2O4S.2H2O/c1-2(3)4;1-5(2,3)4;;/h1H3,(H2,3,4);(H2,1,2,3,4);2*1H2. The first kappa shape index (κ1) is 22.5. The second-order valence-electron chi connectivity index (χ2n) is 1.06. The van der Waals surface area contributed by atoms with Gasteiger partial charge in [0.2, 0.25) is 5.91 Å². The van der Waals surface area contributed by atoms with Crippen LogP contribution < -0.4 is 5.73 Å². The number of nitrogens with two attached hydrogens (primary N) is 1. The van der Waals surface area contributed by atoms with Crippen LogP contribution in [0.4, 0.5) is 0 Å². The van der Waals surface area contributed by atoms with Gasteiger partial charge in [-0.15, -0.1) is 0 Å². The molecule has 0 heterocycles. The summed E-state index contributed by atoms with van der Waals surface area (Å²) in [5.74, 6) is -0.333. The zero-order chi connectivity index (χ0) is 8.08. The van der Waals surface area contributed by atoms with Gasteiger partial charge in [-0.2, -0.15) is 8.42 Å². The number of amides is 1. The summed E-state index contributed by atoms with van der Waals surface area (Å²) in [6.45, 7) is 1.31. The molecular formula is C2H11NO7S. The minimum Gasteiger partial charge on any atom is -0.412 e. The summed E-state index contributed by atoms with van der Waals surface area (Å²) in [6.07, 6.45) is 0. The van der Waals surface area contributed by atoms with Gasteiger partial charge in [-0.1, -0.05) is 0 Å². The summed E-state index contributed by atoms with van der Waals surface area (Å²) in [7, 11) is -4.67. The lowest BCUT2D eigenvalue weighted by atomic mass is 10.8. The highest BCUT2D eigenvalue weighted by Gasteiger charge is 1.84. The highest BCUT2D eigenvalue weighted by Crippen LogP contribution is 1.59. The highest BCUT2D eigenvalue weighted by atomic mass is 32.3. The SMILES string of the molecule is CC(N)=O.O.O.O=S(=O)(O)O. The molecule has 9 heteroatoms. The monoisotopic (exact) mass is 193 g/mol. The maximum atomic E-state index is 9.22. The molecule has 0 aliphatic heterocycles. The van der Waals surface area contributed by atoms with Crippen molar-refractivity contribution in [1.82, 2.24) is 0 Å². The number of carbonyl (C=O) groups is 1. The van der Waals surface area contributed by atoms with Gasteiger partial charge in [0.25, 0.3) is 0 Å². The van der Waals surface area contributed by atoms with Gasteiger partial charge in [0.05, 0.1) is 0 Å². The second kappa shape index (κ2) is 9.26. The van der Waals surface area contributed by atoms with Crippen LogP contribution >= 0.6 is 0 Å². The fourth-order valence-corrected chi connectivity index (χ4v) is 0. The Morgan fingerprint density at radius 3 is 1.27 bits per heavy atom. The van der Waals surface area contributed by atoms with Crippen LogP contribution in [0.25, 0.3) is 0 Å². The molecule has 1 amide bonds. The lowest BCUT2D eigenvalue weighted by Crippen LogP contribution is -2.01. The van der Waals surface area contributed by atoms with E-state index < -0.39 is 10.4 Å². The largest absolute Gasteiger partial charge is 0.412 e. The molecule has 8 N–H and O–H groups in total. The number of carbonyl (C=O) groups excluding carboxylic acids is 1. The van der Waals surface area contributed by atoms with Gasteiger partial charge < -0.3 is 16.7 Å². The summed E-state index contributed by atoms with van der Waals surface area (Å²) in [6, 6.07) is 0. The van der Waals surface area contributed by atoms with Crippen LogP contribution in [-0.2, 0) is 15.2 Å².